The van der Waals surface area contributed by atoms with E-state index in [1.807, 2.05) is 6.07 Å². The molecule has 0 aromatic heterocycles. The van der Waals surface area contributed by atoms with Crippen LogP contribution in [0.15, 0.2) is 18.2 Å². The number of anilines is 1. The second-order valence-electron chi connectivity index (χ2n) is 4.74. The van der Waals surface area contributed by atoms with Gasteiger partial charge >= 0.3 is 0 Å². The first-order chi connectivity index (χ1) is 8.15. The van der Waals surface area contributed by atoms with E-state index in [2.05, 4.69) is 17.6 Å². The maximum Gasteiger partial charge on any atom is 0.134 e. The zero-order chi connectivity index (χ0) is 12.3. The topological polar surface area (TPSA) is 44.3 Å². The zero-order valence-electron chi connectivity index (χ0n) is 10.0. The van der Waals surface area contributed by atoms with Crippen LogP contribution in [0, 0.1) is 0 Å². The number of rotatable bonds is 4. The van der Waals surface area contributed by atoms with E-state index >= 15 is 0 Å². The van der Waals surface area contributed by atoms with Gasteiger partial charge in [0.15, 0.2) is 0 Å². The van der Waals surface area contributed by atoms with Gasteiger partial charge < -0.3 is 15.7 Å². The summed E-state index contributed by atoms with van der Waals surface area (Å²) in [5, 5.41) is 16.6. The number of nitrogens with one attached hydrogen (secondary N) is 2. The highest BCUT2D eigenvalue weighted by Gasteiger charge is 2.16. The second kappa shape index (κ2) is 5.61. The van der Waals surface area contributed by atoms with Crippen molar-refractivity contribution in [2.24, 2.45) is 0 Å². The Hall–Kier alpha value is -0.930. The van der Waals surface area contributed by atoms with Gasteiger partial charge in [-0.3, -0.25) is 0 Å². The lowest BCUT2D eigenvalue weighted by atomic mass is 10.1. The van der Waals surface area contributed by atoms with Crippen molar-refractivity contribution in [3.8, 4) is 5.75 Å². The number of hydrogen-bond donors (Lipinski definition) is 3. The average Bonchev–Trinajstić information content (AvgIpc) is 2.76. The molecule has 94 valence electrons. The van der Waals surface area contributed by atoms with Gasteiger partial charge in [-0.05, 0) is 50.9 Å². The summed E-state index contributed by atoms with van der Waals surface area (Å²) in [4.78, 5) is 0. The van der Waals surface area contributed by atoms with E-state index in [4.69, 9.17) is 11.6 Å². The molecule has 0 aliphatic carbocycles. The molecule has 1 fully saturated rings. The van der Waals surface area contributed by atoms with Crippen LogP contribution >= 0.6 is 11.6 Å². The summed E-state index contributed by atoms with van der Waals surface area (Å²) in [6, 6.07) is 6.25. The van der Waals surface area contributed by atoms with Crippen LogP contribution < -0.4 is 10.6 Å². The van der Waals surface area contributed by atoms with Crippen LogP contribution in [0.4, 0.5) is 5.69 Å². The van der Waals surface area contributed by atoms with Crippen LogP contribution in [0.2, 0.25) is 5.02 Å². The first-order valence-electron chi connectivity index (χ1n) is 6.13. The van der Waals surface area contributed by atoms with Gasteiger partial charge in [0.1, 0.15) is 5.75 Å². The van der Waals surface area contributed by atoms with Crippen LogP contribution in [0.1, 0.15) is 26.2 Å². The first kappa shape index (κ1) is 12.5. The Morgan fingerprint density at radius 3 is 3.06 bits per heavy atom. The summed E-state index contributed by atoms with van der Waals surface area (Å²) < 4.78 is 0. The molecule has 0 radical (unpaired) electrons. The Morgan fingerprint density at radius 2 is 2.41 bits per heavy atom. The van der Waals surface area contributed by atoms with Gasteiger partial charge in [-0.1, -0.05) is 11.6 Å². The molecular formula is C13H19ClN2O. The lowest BCUT2D eigenvalue weighted by Gasteiger charge is -2.19. The van der Waals surface area contributed by atoms with E-state index in [1.54, 1.807) is 12.1 Å². The Labute approximate surface area is 107 Å². The Morgan fingerprint density at radius 1 is 1.59 bits per heavy atom. The third-order valence-corrected chi connectivity index (χ3v) is 3.46. The van der Waals surface area contributed by atoms with Crippen LogP contribution in [-0.2, 0) is 0 Å². The van der Waals surface area contributed by atoms with Gasteiger partial charge in [-0.2, -0.15) is 0 Å². The summed E-state index contributed by atoms with van der Waals surface area (Å²) in [6.45, 7) is 3.31. The lowest BCUT2D eigenvalue weighted by Crippen LogP contribution is -2.29. The summed E-state index contributed by atoms with van der Waals surface area (Å²) in [6.07, 6.45) is 3.66. The Bertz CT molecular complexity index is 378. The van der Waals surface area contributed by atoms with Crippen molar-refractivity contribution >= 4 is 17.3 Å². The van der Waals surface area contributed by atoms with E-state index in [0.29, 0.717) is 17.1 Å². The molecule has 1 aromatic rings. The highest BCUT2D eigenvalue weighted by atomic mass is 35.5. The van der Waals surface area contributed by atoms with Gasteiger partial charge in [0, 0.05) is 17.8 Å². The SMILES string of the molecule is CC(CC1CCCN1)Nc1ccc(O)c(Cl)c1. The van der Waals surface area contributed by atoms with E-state index < -0.39 is 0 Å². The zero-order valence-corrected chi connectivity index (χ0v) is 10.8. The number of hydrogen-bond acceptors (Lipinski definition) is 3. The molecule has 1 aliphatic rings. The van der Waals surface area contributed by atoms with E-state index in [9.17, 15) is 5.11 Å². The smallest absolute Gasteiger partial charge is 0.134 e. The molecule has 2 rings (SSSR count). The van der Waals surface area contributed by atoms with Crippen LogP contribution in [0.25, 0.3) is 0 Å². The van der Waals surface area contributed by atoms with E-state index in [0.717, 1.165) is 18.7 Å². The third kappa shape index (κ3) is 3.51. The Kier molecular flexibility index (Phi) is 4.13. The molecule has 0 bridgehead atoms. The molecular weight excluding hydrogens is 236 g/mol. The van der Waals surface area contributed by atoms with Crippen molar-refractivity contribution in [1.82, 2.24) is 5.32 Å². The van der Waals surface area contributed by atoms with Crippen molar-refractivity contribution in [1.29, 1.82) is 0 Å². The minimum atomic E-state index is 0.127. The molecule has 2 atom stereocenters. The number of phenolic OH excluding ortho intramolecular Hbond substituents is 1. The van der Waals surface area contributed by atoms with Crippen LogP contribution in [-0.4, -0.2) is 23.7 Å². The third-order valence-electron chi connectivity index (χ3n) is 3.16. The average molecular weight is 255 g/mol. The number of halogens is 1. The Balaban J connectivity index is 1.88. The van der Waals surface area contributed by atoms with Crippen LogP contribution in [0.5, 0.6) is 5.75 Å². The van der Waals surface area contributed by atoms with Gasteiger partial charge in [0.2, 0.25) is 0 Å². The minimum Gasteiger partial charge on any atom is -0.506 e. The molecule has 1 aromatic carbocycles. The predicted octanol–water partition coefficient (Wildman–Crippen LogP) is 2.99. The van der Waals surface area contributed by atoms with Crippen LogP contribution in [0.3, 0.4) is 0 Å². The fraction of sp³-hybridized carbons (Fsp3) is 0.538. The molecule has 1 heterocycles. The largest absolute Gasteiger partial charge is 0.506 e. The fourth-order valence-electron chi connectivity index (χ4n) is 2.32. The van der Waals surface area contributed by atoms with Crippen molar-refractivity contribution in [2.45, 2.75) is 38.3 Å². The first-order valence-corrected chi connectivity index (χ1v) is 6.51. The predicted molar refractivity (Wildman–Crippen MR) is 71.8 cm³/mol. The van der Waals surface area contributed by atoms with Crippen molar-refractivity contribution in [2.75, 3.05) is 11.9 Å². The van der Waals surface area contributed by atoms with Gasteiger partial charge in [-0.15, -0.1) is 0 Å². The fourth-order valence-corrected chi connectivity index (χ4v) is 2.51. The van der Waals surface area contributed by atoms with E-state index in [-0.39, 0.29) is 5.75 Å². The normalized spacial score (nSPS) is 21.4. The highest BCUT2D eigenvalue weighted by Crippen LogP contribution is 2.26. The molecule has 0 spiro atoms. The monoisotopic (exact) mass is 254 g/mol. The molecule has 4 heteroatoms. The van der Waals surface area contributed by atoms with Gasteiger partial charge in [-0.25, -0.2) is 0 Å². The van der Waals surface area contributed by atoms with E-state index in [1.165, 1.54) is 12.8 Å². The molecule has 17 heavy (non-hydrogen) atoms. The quantitative estimate of drug-likeness (QED) is 0.724. The summed E-state index contributed by atoms with van der Waals surface area (Å²) in [7, 11) is 0. The maximum atomic E-state index is 9.34. The molecule has 3 nitrogen and oxygen atoms in total. The summed E-state index contributed by atoms with van der Waals surface area (Å²) in [5.41, 5.74) is 0.957. The van der Waals surface area contributed by atoms with Gasteiger partial charge in [0.05, 0.1) is 5.02 Å². The lowest BCUT2D eigenvalue weighted by molar-refractivity contribution is 0.475. The summed E-state index contributed by atoms with van der Waals surface area (Å²) in [5.74, 6) is 0.127. The minimum absolute atomic E-state index is 0.127. The molecule has 0 saturated carbocycles. The maximum absolute atomic E-state index is 9.34. The highest BCUT2D eigenvalue weighted by molar-refractivity contribution is 6.32. The molecule has 0 amide bonds. The van der Waals surface area contributed by atoms with Crippen molar-refractivity contribution < 1.29 is 5.11 Å². The standard InChI is InChI=1S/C13H19ClN2O/c1-9(7-10-3-2-6-15-10)16-11-4-5-13(17)12(14)8-11/h4-5,8-10,15-17H,2-3,6-7H2,1H3. The number of benzene rings is 1. The summed E-state index contributed by atoms with van der Waals surface area (Å²) >= 11 is 5.87. The van der Waals surface area contributed by atoms with Crippen molar-refractivity contribution in [3.63, 3.8) is 0 Å². The molecule has 1 saturated heterocycles. The van der Waals surface area contributed by atoms with Crippen molar-refractivity contribution in [3.05, 3.63) is 23.2 Å². The molecule has 3 N–H and O–H groups in total. The molecule has 1 aliphatic heterocycles. The number of phenols is 1. The van der Waals surface area contributed by atoms with Gasteiger partial charge in [0.25, 0.3) is 0 Å². The molecule has 2 unspecified atom stereocenters. The second-order valence-corrected chi connectivity index (χ2v) is 5.15. The number of aromatic hydroxyl groups is 1.